The smallest absolute Gasteiger partial charge is 0.251 e. The van der Waals surface area contributed by atoms with Gasteiger partial charge in [0.15, 0.2) is 0 Å². The largest absolute Gasteiger partial charge is 0.495 e. The van der Waals surface area contributed by atoms with Gasteiger partial charge in [-0.2, -0.15) is 4.31 Å². The predicted molar refractivity (Wildman–Crippen MR) is 134 cm³/mol. The summed E-state index contributed by atoms with van der Waals surface area (Å²) >= 11 is 6.02. The lowest BCUT2D eigenvalue weighted by Gasteiger charge is -2.31. The van der Waals surface area contributed by atoms with E-state index in [-0.39, 0.29) is 11.8 Å². The molecule has 34 heavy (non-hydrogen) atoms. The highest BCUT2D eigenvalue weighted by molar-refractivity contribution is 7.89. The highest BCUT2D eigenvalue weighted by atomic mass is 35.5. The number of sulfonamides is 1. The highest BCUT2D eigenvalue weighted by Gasteiger charge is 2.29. The van der Waals surface area contributed by atoms with E-state index in [2.05, 4.69) is 5.32 Å². The second kappa shape index (κ2) is 10.6. The molecule has 1 N–H and O–H groups in total. The molecule has 0 atom stereocenters. The molecule has 0 saturated carbocycles. The van der Waals surface area contributed by atoms with Crippen molar-refractivity contribution in [2.75, 3.05) is 26.7 Å². The van der Waals surface area contributed by atoms with Crippen LogP contribution in [0, 0.1) is 5.92 Å². The van der Waals surface area contributed by atoms with E-state index in [1.165, 1.54) is 11.4 Å². The summed E-state index contributed by atoms with van der Waals surface area (Å²) in [6.45, 7) is 1.35. The molecule has 1 heterocycles. The van der Waals surface area contributed by atoms with Gasteiger partial charge >= 0.3 is 0 Å². The Morgan fingerprint density at radius 3 is 2.29 bits per heavy atom. The summed E-state index contributed by atoms with van der Waals surface area (Å²) < 4.78 is 32.9. The maximum Gasteiger partial charge on any atom is 0.251 e. The van der Waals surface area contributed by atoms with Crippen LogP contribution in [0.25, 0.3) is 11.1 Å². The van der Waals surface area contributed by atoms with Crippen LogP contribution in [-0.2, 0) is 10.0 Å². The lowest BCUT2D eigenvalue weighted by molar-refractivity contribution is 0.0941. The number of carbonyl (C=O) groups is 1. The van der Waals surface area contributed by atoms with Crippen molar-refractivity contribution in [1.29, 1.82) is 0 Å². The first-order valence-electron chi connectivity index (χ1n) is 11.2. The lowest BCUT2D eigenvalue weighted by Crippen LogP contribution is -2.41. The second-order valence-electron chi connectivity index (χ2n) is 8.30. The molecule has 1 amide bonds. The minimum Gasteiger partial charge on any atom is -0.495 e. The zero-order valence-electron chi connectivity index (χ0n) is 18.9. The minimum absolute atomic E-state index is 0.205. The van der Waals surface area contributed by atoms with Crippen molar-refractivity contribution in [2.45, 2.75) is 17.7 Å². The second-order valence-corrected chi connectivity index (χ2v) is 10.6. The van der Waals surface area contributed by atoms with Gasteiger partial charge in [-0.3, -0.25) is 4.79 Å². The summed E-state index contributed by atoms with van der Waals surface area (Å²) in [6, 6.07) is 21.8. The van der Waals surface area contributed by atoms with E-state index < -0.39 is 10.0 Å². The quantitative estimate of drug-likeness (QED) is 0.505. The lowest BCUT2D eigenvalue weighted by atomic mass is 9.98. The predicted octanol–water partition coefficient (Wildman–Crippen LogP) is 4.85. The maximum atomic E-state index is 13.1. The summed E-state index contributed by atoms with van der Waals surface area (Å²) in [6.07, 6.45) is 1.37. The van der Waals surface area contributed by atoms with Gasteiger partial charge in [-0.15, -0.1) is 0 Å². The summed E-state index contributed by atoms with van der Waals surface area (Å²) in [5, 5.41) is 3.39. The van der Waals surface area contributed by atoms with Gasteiger partial charge < -0.3 is 10.1 Å². The number of methoxy groups -OCH3 is 1. The van der Waals surface area contributed by atoms with Crippen LogP contribution in [0.2, 0.25) is 5.02 Å². The van der Waals surface area contributed by atoms with E-state index in [1.54, 1.807) is 30.3 Å². The standard InChI is InChI=1S/C26H27ClN2O4S/c1-33-25-17-22(9-12-24(25)27)26(30)28-18-19-13-15-29(16-14-19)34(31,32)23-10-7-21(8-11-23)20-5-3-2-4-6-20/h2-12,17,19H,13-16,18H2,1H3,(H,28,30). The molecule has 3 aromatic carbocycles. The van der Waals surface area contributed by atoms with Gasteiger partial charge in [0.1, 0.15) is 5.75 Å². The fourth-order valence-electron chi connectivity index (χ4n) is 4.09. The first kappa shape index (κ1) is 24.3. The Hall–Kier alpha value is -2.87. The molecule has 178 valence electrons. The third-order valence-corrected chi connectivity index (χ3v) is 8.36. The minimum atomic E-state index is -3.55. The number of amides is 1. The Bertz CT molecular complexity index is 1240. The number of halogens is 1. The molecule has 3 aromatic rings. The van der Waals surface area contributed by atoms with Gasteiger partial charge in [0, 0.05) is 25.2 Å². The molecule has 4 rings (SSSR count). The van der Waals surface area contributed by atoms with Gasteiger partial charge in [0.05, 0.1) is 17.0 Å². The summed E-state index contributed by atoms with van der Waals surface area (Å²) in [4.78, 5) is 12.8. The van der Waals surface area contributed by atoms with Crippen molar-refractivity contribution in [1.82, 2.24) is 9.62 Å². The third kappa shape index (κ3) is 5.43. The number of nitrogens with one attached hydrogen (secondary N) is 1. The Morgan fingerprint density at radius 2 is 1.65 bits per heavy atom. The van der Waals surface area contributed by atoms with Gasteiger partial charge in [0.2, 0.25) is 10.0 Å². The topological polar surface area (TPSA) is 75.7 Å². The first-order chi connectivity index (χ1) is 16.4. The molecular weight excluding hydrogens is 472 g/mol. The highest BCUT2D eigenvalue weighted by Crippen LogP contribution is 2.27. The number of nitrogens with zero attached hydrogens (tertiary/aromatic N) is 1. The Balaban J connectivity index is 1.32. The number of piperidine rings is 1. The Kier molecular flexibility index (Phi) is 7.56. The molecular formula is C26H27ClN2O4S. The van der Waals surface area contributed by atoms with Gasteiger partial charge in [-0.05, 0) is 60.2 Å². The van der Waals surface area contributed by atoms with E-state index in [0.29, 0.717) is 53.7 Å². The van der Waals surface area contributed by atoms with Crippen LogP contribution in [0.5, 0.6) is 5.75 Å². The van der Waals surface area contributed by atoms with Crippen molar-refractivity contribution in [3.05, 3.63) is 83.4 Å². The molecule has 0 bridgehead atoms. The van der Waals surface area contributed by atoms with Gasteiger partial charge in [0.25, 0.3) is 5.91 Å². The Labute approximate surface area is 205 Å². The zero-order chi connectivity index (χ0) is 24.1. The number of carbonyl (C=O) groups excluding carboxylic acids is 1. The van der Waals surface area contributed by atoms with E-state index in [0.717, 1.165) is 11.1 Å². The van der Waals surface area contributed by atoms with Crippen LogP contribution in [0.1, 0.15) is 23.2 Å². The number of hydrogen-bond donors (Lipinski definition) is 1. The van der Waals surface area contributed by atoms with E-state index in [9.17, 15) is 13.2 Å². The monoisotopic (exact) mass is 498 g/mol. The van der Waals surface area contributed by atoms with Crippen LogP contribution < -0.4 is 10.1 Å². The summed E-state index contributed by atoms with van der Waals surface area (Å²) in [7, 11) is -2.05. The van der Waals surface area contributed by atoms with Crippen LogP contribution in [0.3, 0.4) is 0 Å². The first-order valence-corrected chi connectivity index (χ1v) is 13.0. The molecule has 0 aromatic heterocycles. The third-order valence-electron chi connectivity index (χ3n) is 6.14. The average molecular weight is 499 g/mol. The van der Waals surface area contributed by atoms with E-state index in [4.69, 9.17) is 16.3 Å². The zero-order valence-corrected chi connectivity index (χ0v) is 20.5. The number of rotatable bonds is 7. The van der Waals surface area contributed by atoms with Crippen molar-refractivity contribution in [3.63, 3.8) is 0 Å². The van der Waals surface area contributed by atoms with Crippen LogP contribution in [0.15, 0.2) is 77.7 Å². The molecule has 0 radical (unpaired) electrons. The van der Waals surface area contributed by atoms with Crippen molar-refractivity contribution < 1.29 is 17.9 Å². The Morgan fingerprint density at radius 1 is 1.00 bits per heavy atom. The number of hydrogen-bond acceptors (Lipinski definition) is 4. The molecule has 0 unspecified atom stereocenters. The van der Waals surface area contributed by atoms with E-state index in [1.807, 2.05) is 42.5 Å². The van der Waals surface area contributed by atoms with Gasteiger partial charge in [-0.25, -0.2) is 8.42 Å². The maximum absolute atomic E-state index is 13.1. The SMILES string of the molecule is COc1cc(C(=O)NCC2CCN(S(=O)(=O)c3ccc(-c4ccccc4)cc3)CC2)ccc1Cl. The van der Waals surface area contributed by atoms with Crippen molar-refractivity contribution in [2.24, 2.45) is 5.92 Å². The summed E-state index contributed by atoms with van der Waals surface area (Å²) in [5.74, 6) is 0.457. The molecule has 1 saturated heterocycles. The number of ether oxygens (including phenoxy) is 1. The fraction of sp³-hybridized carbons (Fsp3) is 0.269. The fourth-order valence-corrected chi connectivity index (χ4v) is 5.76. The molecule has 1 aliphatic heterocycles. The normalized spacial score (nSPS) is 15.1. The van der Waals surface area contributed by atoms with Crippen LogP contribution >= 0.6 is 11.6 Å². The van der Waals surface area contributed by atoms with Gasteiger partial charge in [-0.1, -0.05) is 54.1 Å². The molecule has 0 spiro atoms. The average Bonchev–Trinajstić information content (AvgIpc) is 2.88. The van der Waals surface area contributed by atoms with Crippen LogP contribution in [-0.4, -0.2) is 45.4 Å². The van der Waals surface area contributed by atoms with Crippen molar-refractivity contribution in [3.8, 4) is 16.9 Å². The van der Waals surface area contributed by atoms with Crippen molar-refractivity contribution >= 4 is 27.5 Å². The van der Waals surface area contributed by atoms with E-state index >= 15 is 0 Å². The molecule has 1 fully saturated rings. The molecule has 1 aliphatic rings. The van der Waals surface area contributed by atoms with Crippen LogP contribution in [0.4, 0.5) is 0 Å². The molecule has 6 nitrogen and oxygen atoms in total. The number of benzene rings is 3. The summed E-state index contributed by atoms with van der Waals surface area (Å²) in [5.41, 5.74) is 2.50. The molecule has 0 aliphatic carbocycles. The molecule has 8 heteroatoms.